The fourth-order valence-corrected chi connectivity index (χ4v) is 9.57. The Labute approximate surface area is 325 Å². The highest BCUT2D eigenvalue weighted by atomic mass is 28.4. The third-order valence-corrected chi connectivity index (χ3v) is 21.2. The number of hydrogen-bond donors (Lipinski definition) is 0. The summed E-state index contributed by atoms with van der Waals surface area (Å²) in [5.41, 5.74) is 3.28. The zero-order chi connectivity index (χ0) is 39.1. The highest BCUT2D eigenvalue weighted by Gasteiger charge is 2.62. The number of benzene rings is 4. The summed E-state index contributed by atoms with van der Waals surface area (Å²) >= 11 is 0. The van der Waals surface area contributed by atoms with Gasteiger partial charge in [-0.1, -0.05) is 139 Å². The summed E-state index contributed by atoms with van der Waals surface area (Å²) in [6.07, 6.45) is 1.79. The van der Waals surface area contributed by atoms with Crippen LogP contribution in [0.25, 0.3) is 0 Å². The second-order valence-electron chi connectivity index (χ2n) is 18.1. The van der Waals surface area contributed by atoms with E-state index in [0.717, 1.165) is 28.1 Å². The maximum Gasteiger partial charge on any atom is 0.250 e. The summed E-state index contributed by atoms with van der Waals surface area (Å²) in [4.78, 5) is 35.2. The van der Waals surface area contributed by atoms with Crippen LogP contribution >= 0.6 is 0 Å². The van der Waals surface area contributed by atoms with Crippen molar-refractivity contribution in [1.82, 2.24) is 0 Å². The molecule has 2 aliphatic rings. The molecule has 1 aliphatic carbocycles. The molecule has 3 atom stereocenters. The first kappa shape index (κ1) is 39.4. The van der Waals surface area contributed by atoms with Gasteiger partial charge in [-0.05, 0) is 83.7 Å². The van der Waals surface area contributed by atoms with Crippen LogP contribution in [0.2, 0.25) is 36.3 Å². The van der Waals surface area contributed by atoms with Crippen LogP contribution < -0.4 is 9.80 Å². The minimum atomic E-state index is -2.43. The summed E-state index contributed by atoms with van der Waals surface area (Å²) in [6, 6.07) is 38.1. The minimum absolute atomic E-state index is 0.0786. The quantitative estimate of drug-likeness (QED) is 0.151. The summed E-state index contributed by atoms with van der Waals surface area (Å²) in [5, 5.41) is -0.193. The largest absolute Gasteiger partial charge is 0.545 e. The zero-order valence-electron chi connectivity index (χ0n) is 33.9. The highest BCUT2D eigenvalue weighted by Crippen LogP contribution is 2.56. The lowest BCUT2D eigenvalue weighted by atomic mass is 9.64. The first-order chi connectivity index (χ1) is 25.4. The minimum Gasteiger partial charge on any atom is -0.545 e. The maximum atomic E-state index is 15.8. The van der Waals surface area contributed by atoms with Crippen LogP contribution in [-0.4, -0.2) is 34.6 Å². The van der Waals surface area contributed by atoms with Gasteiger partial charge in [0.15, 0.2) is 8.32 Å². The van der Waals surface area contributed by atoms with Gasteiger partial charge < -0.3 is 18.7 Å². The standard InChI is InChI=1S/C46H58N2O4Si2/c1-44(2,3)53(7,8)51-40-30-38(42(49)47(36-26-18-13-19-27-36)32-34-22-14-11-15-23-34)46(31-41(40)52-54(9,10)45(4,5)6)37-28-20-21-29-39(37)48(43(46)50)33-35-24-16-12-17-25-35/h11-30,38,41H,31-33H2,1-10H3/t38-,41-,46+/m1/s1. The lowest BCUT2D eigenvalue weighted by Gasteiger charge is -2.48. The molecule has 1 heterocycles. The van der Waals surface area contributed by atoms with Crippen molar-refractivity contribution in [3.05, 3.63) is 144 Å². The molecule has 2 amide bonds. The third kappa shape index (κ3) is 7.53. The average Bonchev–Trinajstić information content (AvgIpc) is 3.34. The number of amides is 2. The van der Waals surface area contributed by atoms with E-state index < -0.39 is 34.1 Å². The molecule has 6 nitrogen and oxygen atoms in total. The lowest BCUT2D eigenvalue weighted by Crippen LogP contribution is -2.57. The van der Waals surface area contributed by atoms with Gasteiger partial charge in [0, 0.05) is 11.4 Å². The van der Waals surface area contributed by atoms with Gasteiger partial charge >= 0.3 is 0 Å². The summed E-state index contributed by atoms with van der Waals surface area (Å²) in [5.74, 6) is -0.397. The number of fused-ring (bicyclic) bond motifs is 2. The van der Waals surface area contributed by atoms with Gasteiger partial charge in [0.05, 0.1) is 24.4 Å². The van der Waals surface area contributed by atoms with Gasteiger partial charge in [0.1, 0.15) is 11.9 Å². The summed E-state index contributed by atoms with van der Waals surface area (Å²) in [7, 11) is -4.84. The molecule has 4 aromatic carbocycles. The highest BCUT2D eigenvalue weighted by molar-refractivity contribution is 6.75. The van der Waals surface area contributed by atoms with Gasteiger partial charge in [-0.25, -0.2) is 0 Å². The second-order valence-corrected chi connectivity index (χ2v) is 27.6. The Morgan fingerprint density at radius 3 is 1.83 bits per heavy atom. The third-order valence-electron chi connectivity index (χ3n) is 12.4. The van der Waals surface area contributed by atoms with Crippen LogP contribution in [-0.2, 0) is 36.9 Å². The Morgan fingerprint density at radius 2 is 1.26 bits per heavy atom. The van der Waals surface area contributed by atoms with Crippen molar-refractivity contribution in [2.75, 3.05) is 9.80 Å². The van der Waals surface area contributed by atoms with Gasteiger partial charge in [0.25, 0.3) is 0 Å². The zero-order valence-corrected chi connectivity index (χ0v) is 35.9. The summed E-state index contributed by atoms with van der Waals surface area (Å²) in [6.45, 7) is 23.1. The molecule has 54 heavy (non-hydrogen) atoms. The Balaban J connectivity index is 1.60. The molecule has 4 aromatic rings. The number of carbonyl (C=O) groups excluding carboxylic acids is 2. The van der Waals surface area contributed by atoms with Crippen LogP contribution in [0.3, 0.4) is 0 Å². The molecule has 0 saturated carbocycles. The molecule has 0 radical (unpaired) electrons. The second kappa shape index (κ2) is 14.8. The molecule has 0 unspecified atom stereocenters. The van der Waals surface area contributed by atoms with Crippen molar-refractivity contribution < 1.29 is 18.4 Å². The Hall–Kier alpha value is -4.25. The lowest BCUT2D eigenvalue weighted by molar-refractivity contribution is -0.133. The number of carbonyl (C=O) groups is 2. The maximum absolute atomic E-state index is 15.8. The Kier molecular flexibility index (Phi) is 10.8. The first-order valence-corrected chi connectivity index (χ1v) is 25.1. The van der Waals surface area contributed by atoms with E-state index in [1.165, 1.54) is 0 Å². The Bertz CT molecular complexity index is 1980. The molecule has 0 aromatic heterocycles. The van der Waals surface area contributed by atoms with Gasteiger partial charge in [-0.15, -0.1) is 0 Å². The predicted molar refractivity (Wildman–Crippen MR) is 226 cm³/mol. The fraction of sp³-hybridized carbons (Fsp3) is 0.391. The normalized spacial score (nSPS) is 20.4. The molecule has 0 fully saturated rings. The molecule has 0 bridgehead atoms. The molecular formula is C46H58N2O4Si2. The summed E-state index contributed by atoms with van der Waals surface area (Å²) < 4.78 is 14.6. The molecular weight excluding hydrogens is 701 g/mol. The number of para-hydroxylation sites is 2. The Morgan fingerprint density at radius 1 is 0.741 bits per heavy atom. The number of hydrogen-bond acceptors (Lipinski definition) is 4. The van der Waals surface area contributed by atoms with Gasteiger partial charge in [-0.3, -0.25) is 9.59 Å². The monoisotopic (exact) mass is 758 g/mol. The van der Waals surface area contributed by atoms with Crippen LogP contribution in [0.4, 0.5) is 11.4 Å². The van der Waals surface area contributed by atoms with Gasteiger partial charge in [0.2, 0.25) is 20.1 Å². The number of anilines is 2. The van der Waals surface area contributed by atoms with E-state index in [0.29, 0.717) is 25.3 Å². The predicted octanol–water partition coefficient (Wildman–Crippen LogP) is 11.0. The van der Waals surface area contributed by atoms with Crippen LogP contribution in [0.5, 0.6) is 0 Å². The molecule has 6 rings (SSSR count). The fourth-order valence-electron chi connectivity index (χ4n) is 7.21. The molecule has 0 saturated heterocycles. The van der Waals surface area contributed by atoms with Crippen molar-refractivity contribution >= 4 is 39.8 Å². The van der Waals surface area contributed by atoms with Crippen molar-refractivity contribution in [2.45, 2.75) is 109 Å². The van der Waals surface area contributed by atoms with Crippen molar-refractivity contribution in [3.63, 3.8) is 0 Å². The molecule has 0 N–H and O–H groups in total. The number of nitrogens with zero attached hydrogens (tertiary/aromatic N) is 2. The average molecular weight is 759 g/mol. The first-order valence-electron chi connectivity index (χ1n) is 19.3. The molecule has 1 spiro atoms. The SMILES string of the molecule is CC(C)(C)[Si](C)(C)OC1=C[C@H](C(=O)N(Cc2ccccc2)c2ccccc2)[C@@]2(C[C@H]1O[Si](C)(C)C(C)(C)C)C(=O)N(Cc1ccccc1)c1ccccc12. The van der Waals surface area contributed by atoms with Crippen LogP contribution in [0, 0.1) is 5.92 Å². The van der Waals surface area contributed by atoms with E-state index in [2.05, 4.69) is 85.9 Å². The van der Waals surface area contributed by atoms with Crippen molar-refractivity contribution in [3.8, 4) is 0 Å². The molecule has 284 valence electrons. The van der Waals surface area contributed by atoms with Crippen molar-refractivity contribution in [2.24, 2.45) is 5.92 Å². The van der Waals surface area contributed by atoms with E-state index >= 15 is 9.59 Å². The van der Waals surface area contributed by atoms with E-state index in [1.54, 1.807) is 0 Å². The topological polar surface area (TPSA) is 59.1 Å². The smallest absolute Gasteiger partial charge is 0.250 e. The van der Waals surface area contributed by atoms with E-state index in [4.69, 9.17) is 8.85 Å². The van der Waals surface area contributed by atoms with E-state index in [9.17, 15) is 0 Å². The van der Waals surface area contributed by atoms with E-state index in [1.807, 2.05) is 113 Å². The van der Waals surface area contributed by atoms with E-state index in [-0.39, 0.29) is 21.9 Å². The van der Waals surface area contributed by atoms with Crippen molar-refractivity contribution in [1.29, 1.82) is 0 Å². The molecule has 1 aliphatic heterocycles. The van der Waals surface area contributed by atoms with Crippen LogP contribution in [0.15, 0.2) is 127 Å². The number of rotatable bonds is 10. The van der Waals surface area contributed by atoms with Gasteiger partial charge in [-0.2, -0.15) is 0 Å². The van der Waals surface area contributed by atoms with Crippen LogP contribution in [0.1, 0.15) is 64.7 Å². The molecule has 8 heteroatoms.